The van der Waals surface area contributed by atoms with Gasteiger partial charge in [-0.3, -0.25) is 4.79 Å². The standard InChI is InChI=1S/C22H18ClF3N2O4S/c1-13-10-14(6-9-20(13)33(27,30)31)21(29)28-16-7-8-17(15(11-16)12-23)18-4-2-3-5-19(18)32-22(24,25)26/h2-11H,12H2,1H3,(H,28,29)(H2,27,30,31). The number of rotatable bonds is 6. The van der Waals surface area contributed by atoms with Crippen LogP contribution in [-0.2, 0) is 15.9 Å². The van der Waals surface area contributed by atoms with E-state index in [1.54, 1.807) is 6.07 Å². The van der Waals surface area contributed by atoms with Crippen molar-refractivity contribution in [3.63, 3.8) is 0 Å². The highest BCUT2D eigenvalue weighted by molar-refractivity contribution is 7.89. The number of nitrogens with one attached hydrogen (secondary N) is 1. The Morgan fingerprint density at radius 3 is 2.36 bits per heavy atom. The van der Waals surface area contributed by atoms with Crippen molar-refractivity contribution in [1.29, 1.82) is 0 Å². The van der Waals surface area contributed by atoms with Crippen molar-refractivity contribution in [2.75, 3.05) is 5.32 Å². The molecular formula is C22H18ClF3N2O4S. The number of nitrogens with two attached hydrogens (primary N) is 1. The fourth-order valence-corrected chi connectivity index (χ4v) is 4.25. The van der Waals surface area contributed by atoms with Crippen LogP contribution in [0.4, 0.5) is 18.9 Å². The molecule has 3 rings (SSSR count). The Balaban J connectivity index is 1.90. The number of para-hydroxylation sites is 1. The van der Waals surface area contributed by atoms with Gasteiger partial charge in [-0.25, -0.2) is 13.6 Å². The van der Waals surface area contributed by atoms with Gasteiger partial charge in [0.15, 0.2) is 0 Å². The molecule has 1 amide bonds. The Morgan fingerprint density at radius 2 is 1.76 bits per heavy atom. The molecule has 0 heterocycles. The topological polar surface area (TPSA) is 98.5 Å². The fourth-order valence-electron chi connectivity index (χ4n) is 3.26. The van der Waals surface area contributed by atoms with E-state index in [1.165, 1.54) is 61.5 Å². The van der Waals surface area contributed by atoms with Gasteiger partial charge in [-0.2, -0.15) is 0 Å². The van der Waals surface area contributed by atoms with Crippen LogP contribution in [0, 0.1) is 6.92 Å². The molecular weight excluding hydrogens is 481 g/mol. The number of carbonyl (C=O) groups is 1. The molecule has 0 radical (unpaired) electrons. The van der Waals surface area contributed by atoms with Crippen molar-refractivity contribution in [3.8, 4) is 16.9 Å². The van der Waals surface area contributed by atoms with Gasteiger partial charge in [-0.1, -0.05) is 24.3 Å². The highest BCUT2D eigenvalue weighted by Gasteiger charge is 2.32. The van der Waals surface area contributed by atoms with Gasteiger partial charge in [0.25, 0.3) is 5.91 Å². The number of hydrogen-bond donors (Lipinski definition) is 2. The highest BCUT2D eigenvalue weighted by Crippen LogP contribution is 2.37. The first kappa shape index (κ1) is 24.6. The molecule has 0 aliphatic rings. The number of halogens is 4. The summed E-state index contributed by atoms with van der Waals surface area (Å²) in [6, 6.07) is 14.2. The molecule has 0 saturated heterocycles. The number of aryl methyl sites for hydroxylation is 1. The Morgan fingerprint density at radius 1 is 1.06 bits per heavy atom. The Kier molecular flexibility index (Phi) is 7.01. The minimum Gasteiger partial charge on any atom is -0.405 e. The lowest BCUT2D eigenvalue weighted by Crippen LogP contribution is -2.17. The molecule has 0 fully saturated rings. The second-order valence-electron chi connectivity index (χ2n) is 7.03. The maximum absolute atomic E-state index is 12.8. The third-order valence-electron chi connectivity index (χ3n) is 4.65. The molecule has 0 saturated carbocycles. The van der Waals surface area contributed by atoms with E-state index < -0.39 is 22.3 Å². The van der Waals surface area contributed by atoms with Gasteiger partial charge in [0.1, 0.15) is 5.75 Å². The molecule has 6 nitrogen and oxygen atoms in total. The lowest BCUT2D eigenvalue weighted by Gasteiger charge is -2.16. The van der Waals surface area contributed by atoms with E-state index in [-0.39, 0.29) is 27.7 Å². The fraction of sp³-hybridized carbons (Fsp3) is 0.136. The minimum absolute atomic E-state index is 0.0401. The first-order valence-corrected chi connectivity index (χ1v) is 11.5. The van der Waals surface area contributed by atoms with Crippen LogP contribution in [0.1, 0.15) is 21.5 Å². The van der Waals surface area contributed by atoms with Crippen LogP contribution < -0.4 is 15.2 Å². The quantitative estimate of drug-likeness (QED) is 0.456. The number of anilines is 1. The van der Waals surface area contributed by atoms with Crippen molar-refractivity contribution in [2.45, 2.75) is 24.1 Å². The summed E-state index contributed by atoms with van der Waals surface area (Å²) in [7, 11) is -3.92. The Bertz CT molecular complexity index is 1310. The van der Waals surface area contributed by atoms with Gasteiger partial charge in [0.2, 0.25) is 10.0 Å². The first-order valence-electron chi connectivity index (χ1n) is 9.38. The van der Waals surface area contributed by atoms with E-state index in [4.69, 9.17) is 16.7 Å². The molecule has 0 bridgehead atoms. The predicted octanol–water partition coefficient (Wildman–Crippen LogP) is 5.20. The summed E-state index contributed by atoms with van der Waals surface area (Å²) in [6.07, 6.45) is -4.86. The molecule has 0 atom stereocenters. The molecule has 0 unspecified atom stereocenters. The van der Waals surface area contributed by atoms with Crippen LogP contribution in [0.3, 0.4) is 0 Å². The lowest BCUT2D eigenvalue weighted by atomic mass is 9.99. The van der Waals surface area contributed by atoms with Crippen LogP contribution in [-0.4, -0.2) is 20.7 Å². The normalized spacial score (nSPS) is 11.8. The zero-order valence-corrected chi connectivity index (χ0v) is 18.7. The summed E-state index contributed by atoms with van der Waals surface area (Å²) < 4.78 is 65.5. The van der Waals surface area contributed by atoms with Crippen LogP contribution >= 0.6 is 11.6 Å². The largest absolute Gasteiger partial charge is 0.573 e. The van der Waals surface area contributed by atoms with Crippen molar-refractivity contribution >= 4 is 33.2 Å². The smallest absolute Gasteiger partial charge is 0.405 e. The molecule has 33 heavy (non-hydrogen) atoms. The summed E-state index contributed by atoms with van der Waals surface area (Å²) in [6.45, 7) is 1.51. The van der Waals surface area contributed by atoms with Crippen molar-refractivity contribution in [2.24, 2.45) is 5.14 Å². The Hall–Kier alpha value is -3.08. The van der Waals surface area contributed by atoms with Crippen LogP contribution in [0.5, 0.6) is 5.75 Å². The Labute approximate surface area is 193 Å². The number of hydrogen-bond acceptors (Lipinski definition) is 4. The van der Waals surface area contributed by atoms with Crippen molar-refractivity contribution < 1.29 is 31.1 Å². The van der Waals surface area contributed by atoms with E-state index in [0.29, 0.717) is 22.4 Å². The van der Waals surface area contributed by atoms with E-state index in [2.05, 4.69) is 10.1 Å². The number of ether oxygens (including phenoxy) is 1. The summed E-state index contributed by atoms with van der Waals surface area (Å²) in [5.41, 5.74) is 1.92. The molecule has 0 aromatic heterocycles. The van der Waals surface area contributed by atoms with Gasteiger partial charge in [0.05, 0.1) is 4.90 Å². The number of benzene rings is 3. The van der Waals surface area contributed by atoms with E-state index in [9.17, 15) is 26.4 Å². The van der Waals surface area contributed by atoms with Gasteiger partial charge in [-0.05, 0) is 60.0 Å². The maximum atomic E-state index is 12.8. The molecule has 174 valence electrons. The van der Waals surface area contributed by atoms with Crippen molar-refractivity contribution in [1.82, 2.24) is 0 Å². The van der Waals surface area contributed by atoms with Crippen LogP contribution in [0.15, 0.2) is 65.6 Å². The second kappa shape index (κ2) is 9.42. The zero-order valence-electron chi connectivity index (χ0n) is 17.1. The monoisotopic (exact) mass is 498 g/mol. The molecule has 3 aromatic carbocycles. The summed E-state index contributed by atoms with van der Waals surface area (Å²) >= 11 is 6.03. The lowest BCUT2D eigenvalue weighted by molar-refractivity contribution is -0.274. The van der Waals surface area contributed by atoms with Crippen LogP contribution in [0.2, 0.25) is 0 Å². The van der Waals surface area contributed by atoms with Gasteiger partial charge in [-0.15, -0.1) is 24.8 Å². The first-order chi connectivity index (χ1) is 15.4. The average molecular weight is 499 g/mol. The number of alkyl halides is 4. The molecule has 0 aliphatic carbocycles. The van der Waals surface area contributed by atoms with Crippen LogP contribution in [0.25, 0.3) is 11.1 Å². The summed E-state index contributed by atoms with van der Waals surface area (Å²) in [5.74, 6) is -0.937. The third kappa shape index (κ3) is 6.04. The average Bonchev–Trinajstić information content (AvgIpc) is 2.72. The third-order valence-corrected chi connectivity index (χ3v) is 6.01. The number of sulfonamides is 1. The van der Waals surface area contributed by atoms with E-state index in [0.717, 1.165) is 0 Å². The van der Waals surface area contributed by atoms with Gasteiger partial charge < -0.3 is 10.1 Å². The predicted molar refractivity (Wildman–Crippen MR) is 119 cm³/mol. The zero-order chi connectivity index (χ0) is 24.4. The highest BCUT2D eigenvalue weighted by atomic mass is 35.5. The maximum Gasteiger partial charge on any atom is 0.573 e. The molecule has 11 heteroatoms. The van der Waals surface area contributed by atoms with Crippen molar-refractivity contribution in [3.05, 3.63) is 77.4 Å². The van der Waals surface area contributed by atoms with Gasteiger partial charge >= 0.3 is 6.36 Å². The molecule has 0 aliphatic heterocycles. The van der Waals surface area contributed by atoms with E-state index in [1.807, 2.05) is 0 Å². The second-order valence-corrected chi connectivity index (χ2v) is 8.83. The molecule has 3 N–H and O–H groups in total. The summed E-state index contributed by atoms with van der Waals surface area (Å²) in [4.78, 5) is 12.5. The van der Waals surface area contributed by atoms with E-state index >= 15 is 0 Å². The SMILES string of the molecule is Cc1cc(C(=O)Nc2ccc(-c3ccccc3OC(F)(F)F)c(CCl)c2)ccc1S(N)(=O)=O. The van der Waals surface area contributed by atoms with Gasteiger partial charge in [0, 0.05) is 22.7 Å². The summed E-state index contributed by atoms with van der Waals surface area (Å²) in [5, 5.41) is 7.79. The number of carbonyl (C=O) groups excluding carboxylic acids is 1. The molecule has 0 spiro atoms. The number of amides is 1. The number of primary sulfonamides is 1. The molecule has 3 aromatic rings. The minimum atomic E-state index is -4.86.